The number of nitrogens with one attached hydrogen (secondary N) is 1. The zero-order valence-electron chi connectivity index (χ0n) is 14.3. The molecule has 2 aromatic rings. The SMILES string of the molecule is C[C@@]1(c2ccc(OC(F)F)cc2)NC(=O)N(Cc2ccc(C#N)cc2)C1=O. The first kappa shape index (κ1) is 18.3. The maximum atomic E-state index is 12.9. The Morgan fingerprint density at radius 2 is 1.78 bits per heavy atom. The number of alkyl halides is 2. The van der Waals surface area contributed by atoms with Crippen LogP contribution in [0.15, 0.2) is 48.5 Å². The molecule has 1 N–H and O–H groups in total. The van der Waals surface area contributed by atoms with E-state index in [9.17, 15) is 18.4 Å². The second-order valence-corrected chi connectivity index (χ2v) is 6.16. The van der Waals surface area contributed by atoms with E-state index >= 15 is 0 Å². The molecule has 6 nitrogen and oxygen atoms in total. The lowest BCUT2D eigenvalue weighted by Gasteiger charge is -2.22. The molecule has 2 aromatic carbocycles. The van der Waals surface area contributed by atoms with E-state index in [-0.39, 0.29) is 12.3 Å². The van der Waals surface area contributed by atoms with E-state index in [4.69, 9.17) is 5.26 Å². The van der Waals surface area contributed by atoms with Gasteiger partial charge in [0, 0.05) is 0 Å². The monoisotopic (exact) mass is 371 g/mol. The molecule has 1 heterocycles. The van der Waals surface area contributed by atoms with Crippen molar-refractivity contribution < 1.29 is 23.1 Å². The first-order valence-electron chi connectivity index (χ1n) is 8.02. The number of urea groups is 1. The van der Waals surface area contributed by atoms with Crippen LogP contribution >= 0.6 is 0 Å². The number of halogens is 2. The predicted octanol–water partition coefficient (Wildman–Crippen LogP) is 3.13. The maximum absolute atomic E-state index is 12.9. The van der Waals surface area contributed by atoms with Crippen LogP contribution in [0.4, 0.5) is 13.6 Å². The topological polar surface area (TPSA) is 82.4 Å². The molecule has 138 valence electrons. The second-order valence-electron chi connectivity index (χ2n) is 6.16. The van der Waals surface area contributed by atoms with Gasteiger partial charge in [0.25, 0.3) is 5.91 Å². The third kappa shape index (κ3) is 3.58. The summed E-state index contributed by atoms with van der Waals surface area (Å²) in [4.78, 5) is 26.3. The predicted molar refractivity (Wildman–Crippen MR) is 90.7 cm³/mol. The summed E-state index contributed by atoms with van der Waals surface area (Å²) in [5, 5.41) is 11.5. The lowest BCUT2D eigenvalue weighted by atomic mass is 9.92. The van der Waals surface area contributed by atoms with Crippen LogP contribution in [0.5, 0.6) is 5.75 Å². The van der Waals surface area contributed by atoms with Gasteiger partial charge in [-0.3, -0.25) is 9.69 Å². The Bertz CT molecular complexity index is 907. The molecule has 1 saturated heterocycles. The van der Waals surface area contributed by atoms with Crippen LogP contribution in [0.25, 0.3) is 0 Å². The number of carbonyl (C=O) groups is 2. The van der Waals surface area contributed by atoms with Gasteiger partial charge in [-0.2, -0.15) is 14.0 Å². The van der Waals surface area contributed by atoms with Crippen LogP contribution in [-0.4, -0.2) is 23.4 Å². The van der Waals surface area contributed by atoms with Gasteiger partial charge in [-0.05, 0) is 42.3 Å². The quantitative estimate of drug-likeness (QED) is 0.819. The first-order valence-corrected chi connectivity index (χ1v) is 8.02. The molecule has 0 aromatic heterocycles. The van der Waals surface area contributed by atoms with Crippen molar-refractivity contribution >= 4 is 11.9 Å². The summed E-state index contributed by atoms with van der Waals surface area (Å²) in [5.74, 6) is -0.497. The number of nitrogens with zero attached hydrogens (tertiary/aromatic N) is 2. The van der Waals surface area contributed by atoms with Gasteiger partial charge in [0.05, 0.1) is 18.2 Å². The number of hydrogen-bond donors (Lipinski definition) is 1. The molecule has 0 bridgehead atoms. The van der Waals surface area contributed by atoms with Crippen molar-refractivity contribution in [2.45, 2.75) is 25.6 Å². The van der Waals surface area contributed by atoms with E-state index in [0.29, 0.717) is 16.7 Å². The number of benzene rings is 2. The number of amides is 3. The standard InChI is InChI=1S/C19H15F2N3O3/c1-19(14-6-8-15(9-7-14)27-17(20)21)16(25)24(18(26)23-19)11-13-4-2-12(10-22)3-5-13/h2-9,17H,11H2,1H3,(H,23,26)/t19-/m0/s1. The molecule has 1 aliphatic rings. The van der Waals surface area contributed by atoms with Crippen LogP contribution in [0.1, 0.15) is 23.6 Å². The molecule has 0 aliphatic carbocycles. The van der Waals surface area contributed by atoms with Crippen molar-refractivity contribution in [3.8, 4) is 11.8 Å². The number of imide groups is 1. The van der Waals surface area contributed by atoms with E-state index in [1.54, 1.807) is 31.2 Å². The van der Waals surface area contributed by atoms with Gasteiger partial charge in [0.1, 0.15) is 11.3 Å². The highest BCUT2D eigenvalue weighted by Gasteiger charge is 2.48. The molecule has 3 rings (SSSR count). The molecular weight excluding hydrogens is 356 g/mol. The Morgan fingerprint density at radius 1 is 1.15 bits per heavy atom. The average Bonchev–Trinajstić information content (AvgIpc) is 2.86. The second kappa shape index (κ2) is 7.03. The van der Waals surface area contributed by atoms with Gasteiger partial charge in [0.15, 0.2) is 0 Å². The highest BCUT2D eigenvalue weighted by atomic mass is 19.3. The van der Waals surface area contributed by atoms with Crippen LogP contribution in [0.2, 0.25) is 0 Å². The van der Waals surface area contributed by atoms with Crippen LogP contribution in [0.3, 0.4) is 0 Å². The van der Waals surface area contributed by atoms with Crippen molar-refractivity contribution in [3.05, 3.63) is 65.2 Å². The fraction of sp³-hybridized carbons (Fsp3) is 0.211. The van der Waals surface area contributed by atoms with Gasteiger partial charge in [-0.25, -0.2) is 4.79 Å². The normalized spacial score (nSPS) is 19.1. The van der Waals surface area contributed by atoms with E-state index in [0.717, 1.165) is 4.90 Å². The average molecular weight is 371 g/mol. The minimum absolute atomic E-state index is 0.0384. The molecule has 0 spiro atoms. The number of nitriles is 1. The molecular formula is C19H15F2N3O3. The molecule has 1 aliphatic heterocycles. The molecule has 8 heteroatoms. The summed E-state index contributed by atoms with van der Waals surface area (Å²) in [6, 6.07) is 13.5. The molecule has 0 saturated carbocycles. The third-order valence-electron chi connectivity index (χ3n) is 4.36. The third-order valence-corrected chi connectivity index (χ3v) is 4.36. The highest BCUT2D eigenvalue weighted by Crippen LogP contribution is 2.31. The smallest absolute Gasteiger partial charge is 0.387 e. The number of carbonyl (C=O) groups excluding carboxylic acids is 2. The molecule has 0 radical (unpaired) electrons. The number of rotatable bonds is 5. The molecule has 3 amide bonds. The molecule has 27 heavy (non-hydrogen) atoms. The highest BCUT2D eigenvalue weighted by molar-refractivity contribution is 6.07. The van der Waals surface area contributed by atoms with Gasteiger partial charge < -0.3 is 10.1 Å². The van der Waals surface area contributed by atoms with Crippen molar-refractivity contribution in [1.82, 2.24) is 10.2 Å². The summed E-state index contributed by atoms with van der Waals surface area (Å²) >= 11 is 0. The van der Waals surface area contributed by atoms with Crippen molar-refractivity contribution in [2.75, 3.05) is 0 Å². The Kier molecular flexibility index (Phi) is 4.77. The molecule has 1 fully saturated rings. The fourth-order valence-corrected chi connectivity index (χ4v) is 2.87. The molecule has 0 unspecified atom stereocenters. The lowest BCUT2D eigenvalue weighted by molar-refractivity contribution is -0.131. The summed E-state index contributed by atoms with van der Waals surface area (Å²) in [7, 11) is 0. The van der Waals surface area contributed by atoms with Gasteiger partial charge in [0.2, 0.25) is 0 Å². The minimum atomic E-state index is -2.94. The van der Waals surface area contributed by atoms with E-state index in [2.05, 4.69) is 10.1 Å². The zero-order valence-corrected chi connectivity index (χ0v) is 14.3. The minimum Gasteiger partial charge on any atom is -0.435 e. The summed E-state index contributed by atoms with van der Waals surface area (Å²) in [6.45, 7) is -1.34. The van der Waals surface area contributed by atoms with E-state index in [1.165, 1.54) is 24.3 Å². The van der Waals surface area contributed by atoms with Crippen molar-refractivity contribution in [2.24, 2.45) is 0 Å². The Labute approximate surface area is 154 Å². The summed E-state index contributed by atoms with van der Waals surface area (Å²) in [6.07, 6.45) is 0. The zero-order chi connectivity index (χ0) is 19.6. The first-order chi connectivity index (χ1) is 12.8. The number of hydrogen-bond acceptors (Lipinski definition) is 4. The van der Waals surface area contributed by atoms with E-state index < -0.39 is 24.1 Å². The van der Waals surface area contributed by atoms with Gasteiger partial charge in [-0.15, -0.1) is 0 Å². The van der Waals surface area contributed by atoms with Crippen LogP contribution in [-0.2, 0) is 16.9 Å². The van der Waals surface area contributed by atoms with Gasteiger partial charge >= 0.3 is 12.6 Å². The van der Waals surface area contributed by atoms with Crippen LogP contribution < -0.4 is 10.1 Å². The number of ether oxygens (including phenoxy) is 1. The maximum Gasteiger partial charge on any atom is 0.387 e. The molecule has 1 atom stereocenters. The summed E-state index contributed by atoms with van der Waals surface area (Å²) in [5.41, 5.74) is 0.312. The Balaban J connectivity index is 1.80. The largest absolute Gasteiger partial charge is 0.435 e. The Morgan fingerprint density at radius 3 is 2.33 bits per heavy atom. The van der Waals surface area contributed by atoms with Gasteiger partial charge in [-0.1, -0.05) is 24.3 Å². The van der Waals surface area contributed by atoms with Crippen LogP contribution in [0, 0.1) is 11.3 Å². The summed E-state index contributed by atoms with van der Waals surface area (Å²) < 4.78 is 28.8. The fourth-order valence-electron chi connectivity index (χ4n) is 2.87. The Hall–Kier alpha value is -3.47. The van der Waals surface area contributed by atoms with E-state index in [1.807, 2.05) is 6.07 Å². The van der Waals surface area contributed by atoms with Crippen molar-refractivity contribution in [3.63, 3.8) is 0 Å². The van der Waals surface area contributed by atoms with Crippen molar-refractivity contribution in [1.29, 1.82) is 5.26 Å². The lowest BCUT2D eigenvalue weighted by Crippen LogP contribution is -2.40.